The lowest BCUT2D eigenvalue weighted by Gasteiger charge is -2.13. The number of anilines is 1. The highest BCUT2D eigenvalue weighted by Gasteiger charge is 2.17. The number of aryl methyl sites for hydroxylation is 1. The van der Waals surface area contributed by atoms with E-state index in [9.17, 15) is 24.2 Å². The molecule has 1 heterocycles. The van der Waals surface area contributed by atoms with Crippen molar-refractivity contribution in [1.82, 2.24) is 9.99 Å². The molecule has 4 aromatic rings. The number of hydrazone groups is 2. The maximum Gasteiger partial charge on any atom is 0.276 e. The van der Waals surface area contributed by atoms with Gasteiger partial charge >= 0.3 is 0 Å². The predicted molar refractivity (Wildman–Crippen MR) is 136 cm³/mol. The number of aromatic hydroxyl groups is 2. The monoisotopic (exact) mass is 487 g/mol. The Morgan fingerprint density at radius 2 is 1.61 bits per heavy atom. The minimum atomic E-state index is -0.773. The van der Waals surface area contributed by atoms with Crippen molar-refractivity contribution in [2.75, 3.05) is 5.43 Å². The second-order valence-electron chi connectivity index (χ2n) is 7.69. The number of phenols is 2. The predicted octanol–water partition coefficient (Wildman–Crippen LogP) is 3.78. The number of nitrogens with zero attached hydrogens (tertiary/aromatic N) is 3. The van der Waals surface area contributed by atoms with Crippen molar-refractivity contribution in [2.45, 2.75) is 13.5 Å². The molecule has 10 heteroatoms. The highest BCUT2D eigenvalue weighted by atomic mass is 19.1. The van der Waals surface area contributed by atoms with Crippen molar-refractivity contribution in [3.63, 3.8) is 0 Å². The first-order chi connectivity index (χ1) is 17.4. The molecule has 0 atom stereocenters. The molecule has 9 nitrogen and oxygen atoms in total. The van der Waals surface area contributed by atoms with Crippen LogP contribution in [0, 0.1) is 5.82 Å². The number of carbonyl (C=O) groups excluding carboxylic acids is 1. The van der Waals surface area contributed by atoms with E-state index in [4.69, 9.17) is 0 Å². The van der Waals surface area contributed by atoms with Gasteiger partial charge in [-0.2, -0.15) is 10.2 Å². The first-order valence-corrected chi connectivity index (χ1v) is 10.9. The van der Waals surface area contributed by atoms with E-state index in [2.05, 4.69) is 21.1 Å². The summed E-state index contributed by atoms with van der Waals surface area (Å²) in [7, 11) is 0. The Balaban J connectivity index is 1.62. The van der Waals surface area contributed by atoms with Gasteiger partial charge in [-0.1, -0.05) is 24.3 Å². The molecule has 0 spiro atoms. The van der Waals surface area contributed by atoms with E-state index in [1.54, 1.807) is 41.0 Å². The van der Waals surface area contributed by atoms with E-state index < -0.39 is 17.2 Å². The highest BCUT2D eigenvalue weighted by Crippen LogP contribution is 2.22. The van der Waals surface area contributed by atoms with Crippen LogP contribution in [0.15, 0.2) is 81.9 Å². The molecule has 0 unspecified atom stereocenters. The second-order valence-corrected chi connectivity index (χ2v) is 7.69. The minimum Gasteiger partial charge on any atom is -0.507 e. The SMILES string of the molecule is CCn1cc(C(=O)N/N=C\c2ccccc2O)c(=O)c2cc(F)c(N/N=C/c3ccccc3O)cc21. The fourth-order valence-corrected chi connectivity index (χ4v) is 3.50. The standard InChI is InChI=1S/C26H22FN5O4/c1-2-32-15-19(26(36)31-29-14-17-8-4-6-10-24(17)34)25(35)18-11-20(27)21(12-22(18)32)30-28-13-16-7-3-5-9-23(16)33/h3-15,30,33-34H,2H2,1H3,(H,31,36)/b28-13+,29-14-. The number of halogens is 1. The first kappa shape index (κ1) is 24.1. The van der Waals surface area contributed by atoms with Crippen LogP contribution in [0.1, 0.15) is 28.4 Å². The summed E-state index contributed by atoms with van der Waals surface area (Å²) in [6, 6.07) is 15.4. The van der Waals surface area contributed by atoms with E-state index in [-0.39, 0.29) is 28.1 Å². The summed E-state index contributed by atoms with van der Waals surface area (Å²) in [5.41, 5.74) is 5.22. The van der Waals surface area contributed by atoms with Crippen LogP contribution in [0.5, 0.6) is 11.5 Å². The second kappa shape index (κ2) is 10.5. The molecule has 0 saturated carbocycles. The van der Waals surface area contributed by atoms with Crippen LogP contribution in [0.3, 0.4) is 0 Å². The van der Waals surface area contributed by atoms with Gasteiger partial charge in [-0.15, -0.1) is 0 Å². The Morgan fingerprint density at radius 1 is 1.00 bits per heavy atom. The molecule has 0 radical (unpaired) electrons. The van der Waals surface area contributed by atoms with Crippen LogP contribution in [0.2, 0.25) is 0 Å². The molecule has 36 heavy (non-hydrogen) atoms. The third-order valence-corrected chi connectivity index (χ3v) is 5.39. The zero-order chi connectivity index (χ0) is 25.7. The lowest BCUT2D eigenvalue weighted by molar-refractivity contribution is 0.0953. The van der Waals surface area contributed by atoms with Crippen molar-refractivity contribution in [2.24, 2.45) is 10.2 Å². The van der Waals surface area contributed by atoms with Gasteiger partial charge in [0, 0.05) is 29.3 Å². The summed E-state index contributed by atoms with van der Waals surface area (Å²) in [6.45, 7) is 2.21. The molecule has 3 aromatic carbocycles. The largest absolute Gasteiger partial charge is 0.507 e. The summed E-state index contributed by atoms with van der Waals surface area (Å²) in [4.78, 5) is 25.7. The number of hydrogen-bond acceptors (Lipinski definition) is 7. The molecular weight excluding hydrogens is 465 g/mol. The Morgan fingerprint density at radius 3 is 2.22 bits per heavy atom. The van der Waals surface area contributed by atoms with Gasteiger partial charge in [-0.3, -0.25) is 15.0 Å². The van der Waals surface area contributed by atoms with Crippen molar-refractivity contribution in [3.05, 3.63) is 99.6 Å². The van der Waals surface area contributed by atoms with Gasteiger partial charge in [0.05, 0.1) is 23.6 Å². The molecule has 4 rings (SSSR count). The third-order valence-electron chi connectivity index (χ3n) is 5.39. The van der Waals surface area contributed by atoms with Gasteiger partial charge in [0.2, 0.25) is 5.43 Å². The Bertz CT molecular complexity index is 1560. The average Bonchev–Trinajstić information content (AvgIpc) is 2.87. The minimum absolute atomic E-state index is 0.0141. The van der Waals surface area contributed by atoms with Crippen LogP contribution in [0.4, 0.5) is 10.1 Å². The van der Waals surface area contributed by atoms with E-state index in [1.807, 2.05) is 6.92 Å². The summed E-state index contributed by atoms with van der Waals surface area (Å²) < 4.78 is 16.5. The first-order valence-electron chi connectivity index (χ1n) is 10.9. The van der Waals surface area contributed by atoms with E-state index in [0.717, 1.165) is 6.07 Å². The lowest BCUT2D eigenvalue weighted by Crippen LogP contribution is -2.27. The van der Waals surface area contributed by atoms with Crippen LogP contribution in [-0.2, 0) is 6.54 Å². The number of para-hydroxylation sites is 2. The molecular formula is C26H22FN5O4. The fraction of sp³-hybridized carbons (Fsp3) is 0.0769. The molecule has 0 aliphatic rings. The molecule has 0 aliphatic heterocycles. The number of phenolic OH excluding ortho intramolecular Hbond substituents is 2. The van der Waals surface area contributed by atoms with Crippen molar-refractivity contribution in [3.8, 4) is 11.5 Å². The normalized spacial score (nSPS) is 11.4. The summed E-state index contributed by atoms with van der Waals surface area (Å²) in [5.74, 6) is -1.51. The van der Waals surface area contributed by atoms with Gasteiger partial charge in [-0.05, 0) is 43.3 Å². The maximum atomic E-state index is 14.8. The van der Waals surface area contributed by atoms with Crippen LogP contribution < -0.4 is 16.3 Å². The Hall–Kier alpha value is -4.99. The van der Waals surface area contributed by atoms with Crippen molar-refractivity contribution in [1.29, 1.82) is 0 Å². The highest BCUT2D eigenvalue weighted by molar-refractivity contribution is 5.98. The number of aromatic nitrogens is 1. The van der Waals surface area contributed by atoms with Crippen molar-refractivity contribution >= 4 is 34.9 Å². The molecule has 182 valence electrons. The molecule has 0 bridgehead atoms. The van der Waals surface area contributed by atoms with Gasteiger partial charge < -0.3 is 14.8 Å². The van der Waals surface area contributed by atoms with Crippen LogP contribution in [0.25, 0.3) is 10.9 Å². The number of hydrogen-bond donors (Lipinski definition) is 4. The summed E-state index contributed by atoms with van der Waals surface area (Å²) in [5, 5.41) is 27.4. The molecule has 1 amide bonds. The smallest absolute Gasteiger partial charge is 0.276 e. The number of nitrogens with one attached hydrogen (secondary N) is 2. The van der Waals surface area contributed by atoms with Gasteiger partial charge in [0.1, 0.15) is 22.9 Å². The maximum absolute atomic E-state index is 14.8. The van der Waals surface area contributed by atoms with Crippen molar-refractivity contribution < 1.29 is 19.4 Å². The Kier molecular flexibility index (Phi) is 7.05. The van der Waals surface area contributed by atoms with E-state index >= 15 is 0 Å². The van der Waals surface area contributed by atoms with Gasteiger partial charge in [0.25, 0.3) is 5.91 Å². The summed E-state index contributed by atoms with van der Waals surface area (Å²) in [6.07, 6.45) is 3.97. The Labute approximate surface area is 204 Å². The molecule has 1 aromatic heterocycles. The van der Waals surface area contributed by atoms with Gasteiger partial charge in [0.15, 0.2) is 0 Å². The zero-order valence-electron chi connectivity index (χ0n) is 19.1. The number of fused-ring (bicyclic) bond motifs is 1. The summed E-state index contributed by atoms with van der Waals surface area (Å²) >= 11 is 0. The molecule has 0 aliphatic carbocycles. The number of carbonyl (C=O) groups is 1. The number of pyridine rings is 1. The third kappa shape index (κ3) is 5.07. The number of benzene rings is 3. The van der Waals surface area contributed by atoms with E-state index in [0.29, 0.717) is 23.2 Å². The van der Waals surface area contributed by atoms with E-state index in [1.165, 1.54) is 36.8 Å². The van der Waals surface area contributed by atoms with Crippen LogP contribution >= 0.6 is 0 Å². The molecule has 4 N–H and O–H groups in total. The quantitative estimate of drug-likeness (QED) is 0.233. The topological polar surface area (TPSA) is 128 Å². The average molecular weight is 487 g/mol. The fourth-order valence-electron chi connectivity index (χ4n) is 3.50. The zero-order valence-corrected chi connectivity index (χ0v) is 19.1. The van der Waals surface area contributed by atoms with Crippen LogP contribution in [-0.4, -0.2) is 33.1 Å². The number of amides is 1. The molecule has 0 saturated heterocycles. The van der Waals surface area contributed by atoms with Gasteiger partial charge in [-0.25, -0.2) is 9.82 Å². The number of rotatable bonds is 7. The molecule has 0 fully saturated rings. The lowest BCUT2D eigenvalue weighted by atomic mass is 10.1.